The van der Waals surface area contributed by atoms with Gasteiger partial charge in [-0.2, -0.15) is 0 Å². The Bertz CT molecular complexity index is 1140. The Morgan fingerprint density at radius 1 is 0.771 bits per heavy atom. The standard InChI is InChI=1S/C26H24N2O7/c29-23(33-17-19-10-4-1-5-11-19)22-16-27(25(30)31)24(35-21-14-8-3-9-15-21)28(22)26(32)34-18-20-12-6-2-7-13-20/h1-15,22,24H,16-18H2,(H,30,31)/t22?,24-/m0/s1. The molecule has 1 unspecified atom stereocenters. The molecule has 0 aliphatic carbocycles. The predicted molar refractivity (Wildman–Crippen MR) is 124 cm³/mol. The molecule has 1 aliphatic heterocycles. The molecule has 1 heterocycles. The van der Waals surface area contributed by atoms with E-state index in [-0.39, 0.29) is 19.8 Å². The van der Waals surface area contributed by atoms with Crippen LogP contribution in [0.3, 0.4) is 0 Å². The molecule has 35 heavy (non-hydrogen) atoms. The second kappa shape index (κ2) is 11.1. The van der Waals surface area contributed by atoms with E-state index in [9.17, 15) is 19.5 Å². The summed E-state index contributed by atoms with van der Waals surface area (Å²) in [5, 5.41) is 9.79. The van der Waals surface area contributed by atoms with Crippen LogP contribution >= 0.6 is 0 Å². The van der Waals surface area contributed by atoms with Crippen LogP contribution in [0.4, 0.5) is 9.59 Å². The molecule has 2 amide bonds. The number of para-hydroxylation sites is 1. The Balaban J connectivity index is 1.57. The van der Waals surface area contributed by atoms with E-state index in [1.807, 2.05) is 24.3 Å². The van der Waals surface area contributed by atoms with Gasteiger partial charge < -0.3 is 19.3 Å². The molecule has 1 aliphatic rings. The van der Waals surface area contributed by atoms with Crippen molar-refractivity contribution in [1.82, 2.24) is 9.80 Å². The normalized spacial score (nSPS) is 17.0. The van der Waals surface area contributed by atoms with E-state index in [4.69, 9.17) is 14.2 Å². The first-order valence-electron chi connectivity index (χ1n) is 10.9. The molecule has 2 atom stereocenters. The second-order valence-corrected chi connectivity index (χ2v) is 7.75. The first kappa shape index (κ1) is 23.6. The monoisotopic (exact) mass is 476 g/mol. The lowest BCUT2D eigenvalue weighted by Crippen LogP contribution is -2.51. The van der Waals surface area contributed by atoms with Crippen molar-refractivity contribution in [2.24, 2.45) is 0 Å². The Morgan fingerprint density at radius 3 is 1.83 bits per heavy atom. The zero-order valence-corrected chi connectivity index (χ0v) is 18.7. The molecule has 0 spiro atoms. The molecule has 0 saturated carbocycles. The maximum absolute atomic E-state index is 13.2. The zero-order valence-electron chi connectivity index (χ0n) is 18.7. The van der Waals surface area contributed by atoms with Crippen molar-refractivity contribution >= 4 is 18.2 Å². The number of esters is 1. The summed E-state index contributed by atoms with van der Waals surface area (Å²) in [5.74, 6) is -0.446. The highest BCUT2D eigenvalue weighted by molar-refractivity contribution is 5.84. The van der Waals surface area contributed by atoms with Gasteiger partial charge in [0, 0.05) is 0 Å². The van der Waals surface area contributed by atoms with Gasteiger partial charge in [-0.3, -0.25) is 4.90 Å². The molecule has 4 rings (SSSR count). The van der Waals surface area contributed by atoms with Crippen molar-refractivity contribution in [2.45, 2.75) is 25.6 Å². The van der Waals surface area contributed by atoms with Gasteiger partial charge in [-0.25, -0.2) is 19.3 Å². The minimum absolute atomic E-state index is 0.0274. The smallest absolute Gasteiger partial charge is 0.415 e. The lowest BCUT2D eigenvalue weighted by Gasteiger charge is -2.29. The minimum atomic E-state index is -1.42. The molecule has 1 saturated heterocycles. The zero-order chi connectivity index (χ0) is 24.6. The molecule has 0 bridgehead atoms. The number of nitrogens with zero attached hydrogens (tertiary/aromatic N) is 2. The average molecular weight is 476 g/mol. The molecule has 3 aromatic carbocycles. The highest BCUT2D eigenvalue weighted by Crippen LogP contribution is 2.27. The largest absolute Gasteiger partial charge is 0.465 e. The maximum Gasteiger partial charge on any atom is 0.415 e. The Kier molecular flexibility index (Phi) is 7.47. The van der Waals surface area contributed by atoms with Crippen LogP contribution in [0.1, 0.15) is 11.1 Å². The van der Waals surface area contributed by atoms with Crippen molar-refractivity contribution in [3.05, 3.63) is 102 Å². The lowest BCUT2D eigenvalue weighted by molar-refractivity contribution is -0.151. The number of benzene rings is 3. The fourth-order valence-electron chi connectivity index (χ4n) is 3.61. The first-order valence-corrected chi connectivity index (χ1v) is 10.9. The molecule has 9 nitrogen and oxygen atoms in total. The summed E-state index contributed by atoms with van der Waals surface area (Å²) in [6.07, 6.45) is -3.68. The van der Waals surface area contributed by atoms with Crippen molar-refractivity contribution in [3.8, 4) is 5.75 Å². The van der Waals surface area contributed by atoms with Crippen LogP contribution in [-0.4, -0.2) is 52.0 Å². The van der Waals surface area contributed by atoms with E-state index >= 15 is 0 Å². The van der Waals surface area contributed by atoms with Gasteiger partial charge in [0.15, 0.2) is 6.04 Å². The third-order valence-electron chi connectivity index (χ3n) is 5.35. The van der Waals surface area contributed by atoms with E-state index in [1.165, 1.54) is 0 Å². The van der Waals surface area contributed by atoms with Gasteiger partial charge >= 0.3 is 18.2 Å². The summed E-state index contributed by atoms with van der Waals surface area (Å²) >= 11 is 0. The van der Waals surface area contributed by atoms with Crippen molar-refractivity contribution in [3.63, 3.8) is 0 Å². The molecule has 0 aromatic heterocycles. The second-order valence-electron chi connectivity index (χ2n) is 7.75. The fraction of sp³-hybridized carbons (Fsp3) is 0.192. The Hall–Kier alpha value is -4.53. The van der Waals surface area contributed by atoms with E-state index < -0.39 is 30.5 Å². The number of carbonyl (C=O) groups excluding carboxylic acids is 2. The SMILES string of the molecule is O=C(OCc1ccccc1)C1CN(C(=O)O)[C@H](Oc2ccccc2)N1C(=O)OCc1ccccc1. The summed E-state index contributed by atoms with van der Waals surface area (Å²) < 4.78 is 16.7. The summed E-state index contributed by atoms with van der Waals surface area (Å²) in [6, 6.07) is 25.2. The first-order chi connectivity index (χ1) is 17.0. The summed E-state index contributed by atoms with van der Waals surface area (Å²) in [7, 11) is 0. The highest BCUT2D eigenvalue weighted by atomic mass is 16.6. The molecule has 0 radical (unpaired) electrons. The number of amides is 2. The van der Waals surface area contributed by atoms with E-state index in [0.717, 1.165) is 20.9 Å². The lowest BCUT2D eigenvalue weighted by atomic mass is 10.2. The van der Waals surface area contributed by atoms with Gasteiger partial charge in [0.05, 0.1) is 6.54 Å². The molecule has 1 N–H and O–H groups in total. The van der Waals surface area contributed by atoms with E-state index in [0.29, 0.717) is 5.75 Å². The third kappa shape index (κ3) is 5.89. The molecule has 9 heteroatoms. The summed E-state index contributed by atoms with van der Waals surface area (Å²) in [4.78, 5) is 40.0. The number of rotatable bonds is 7. The predicted octanol–water partition coefficient (Wildman–Crippen LogP) is 4.09. The Labute approximate surface area is 202 Å². The van der Waals surface area contributed by atoms with Crippen LogP contribution in [0.5, 0.6) is 5.75 Å². The molecule has 3 aromatic rings. The van der Waals surface area contributed by atoms with Crippen LogP contribution in [-0.2, 0) is 27.5 Å². The molecule has 1 fully saturated rings. The summed E-state index contributed by atoms with van der Waals surface area (Å²) in [5.41, 5.74) is 1.49. The quantitative estimate of drug-likeness (QED) is 0.512. The van der Waals surface area contributed by atoms with Crippen LogP contribution in [0, 0.1) is 0 Å². The van der Waals surface area contributed by atoms with Crippen LogP contribution in [0.25, 0.3) is 0 Å². The van der Waals surface area contributed by atoms with Gasteiger partial charge in [0.1, 0.15) is 19.0 Å². The van der Waals surface area contributed by atoms with Crippen molar-refractivity contribution in [1.29, 1.82) is 0 Å². The molecular weight excluding hydrogens is 452 g/mol. The number of carboxylic acid groups (broad SMARTS) is 1. The summed E-state index contributed by atoms with van der Waals surface area (Å²) in [6.45, 7) is -0.422. The maximum atomic E-state index is 13.2. The van der Waals surface area contributed by atoms with Crippen LogP contribution in [0.2, 0.25) is 0 Å². The van der Waals surface area contributed by atoms with Gasteiger partial charge in [0.25, 0.3) is 6.35 Å². The molecular formula is C26H24N2O7. The van der Waals surface area contributed by atoms with Gasteiger partial charge in [0.2, 0.25) is 0 Å². The number of ether oxygens (including phenoxy) is 3. The van der Waals surface area contributed by atoms with Crippen LogP contribution < -0.4 is 4.74 Å². The molecule has 180 valence electrons. The third-order valence-corrected chi connectivity index (χ3v) is 5.35. The van der Waals surface area contributed by atoms with E-state index in [2.05, 4.69) is 0 Å². The van der Waals surface area contributed by atoms with E-state index in [1.54, 1.807) is 66.7 Å². The van der Waals surface area contributed by atoms with Crippen molar-refractivity contribution in [2.75, 3.05) is 6.54 Å². The number of hydrogen-bond acceptors (Lipinski definition) is 6. The van der Waals surface area contributed by atoms with Crippen molar-refractivity contribution < 1.29 is 33.7 Å². The number of carbonyl (C=O) groups is 3. The Morgan fingerprint density at radius 2 is 1.29 bits per heavy atom. The van der Waals surface area contributed by atoms with Gasteiger partial charge in [-0.15, -0.1) is 0 Å². The average Bonchev–Trinajstić information content (AvgIpc) is 3.27. The highest BCUT2D eigenvalue weighted by Gasteiger charge is 2.51. The topological polar surface area (TPSA) is 106 Å². The fourth-order valence-corrected chi connectivity index (χ4v) is 3.61. The van der Waals surface area contributed by atoms with Gasteiger partial charge in [-0.05, 0) is 23.3 Å². The minimum Gasteiger partial charge on any atom is -0.465 e. The van der Waals surface area contributed by atoms with Gasteiger partial charge in [-0.1, -0.05) is 78.9 Å². The number of hydrogen-bond donors (Lipinski definition) is 1. The van der Waals surface area contributed by atoms with Crippen LogP contribution in [0.15, 0.2) is 91.0 Å².